The van der Waals surface area contributed by atoms with Crippen LogP contribution in [0.3, 0.4) is 0 Å². The molecule has 1 unspecified atom stereocenters. The number of hydrogen-bond acceptors (Lipinski definition) is 5. The first-order valence-electron chi connectivity index (χ1n) is 8.07. The third-order valence-corrected chi connectivity index (χ3v) is 4.25. The Labute approximate surface area is 135 Å². The van der Waals surface area contributed by atoms with Crippen LogP contribution in [0.2, 0.25) is 0 Å². The summed E-state index contributed by atoms with van der Waals surface area (Å²) in [6.07, 6.45) is 6.08. The third kappa shape index (κ3) is 3.76. The van der Waals surface area contributed by atoms with Crippen molar-refractivity contribution < 1.29 is 9.21 Å². The Kier molecular flexibility index (Phi) is 5.02. The number of rotatable bonds is 4. The van der Waals surface area contributed by atoms with Crippen LogP contribution in [0.25, 0.3) is 0 Å². The first-order valence-corrected chi connectivity index (χ1v) is 8.07. The number of aryl methyl sites for hydroxylation is 1. The summed E-state index contributed by atoms with van der Waals surface area (Å²) >= 11 is 0. The summed E-state index contributed by atoms with van der Waals surface area (Å²) in [6, 6.07) is 5.97. The largest absolute Gasteiger partial charge is 0.448 e. The zero-order valence-corrected chi connectivity index (χ0v) is 13.4. The number of aromatic nitrogens is 2. The van der Waals surface area contributed by atoms with Crippen molar-refractivity contribution in [3.63, 3.8) is 0 Å². The minimum absolute atomic E-state index is 0.0752. The number of nitrogens with zero attached hydrogens (tertiary/aromatic N) is 3. The second-order valence-corrected chi connectivity index (χ2v) is 5.85. The highest BCUT2D eigenvalue weighted by atomic mass is 16.3. The number of oxazole rings is 1. The Morgan fingerprint density at radius 2 is 2.26 bits per heavy atom. The highest BCUT2D eigenvalue weighted by molar-refractivity contribution is 5.93. The molecular formula is C17H22N4O2. The maximum absolute atomic E-state index is 13.0. The van der Waals surface area contributed by atoms with Crippen molar-refractivity contribution in [2.24, 2.45) is 0 Å². The van der Waals surface area contributed by atoms with Crippen LogP contribution in [0.15, 0.2) is 35.2 Å². The Balaban J connectivity index is 1.86. The molecular weight excluding hydrogens is 292 g/mol. The van der Waals surface area contributed by atoms with Crippen molar-refractivity contribution in [1.29, 1.82) is 0 Å². The predicted molar refractivity (Wildman–Crippen MR) is 85.9 cm³/mol. The second kappa shape index (κ2) is 7.37. The van der Waals surface area contributed by atoms with Crippen LogP contribution in [-0.2, 0) is 6.54 Å². The highest BCUT2D eigenvalue weighted by Crippen LogP contribution is 2.20. The van der Waals surface area contributed by atoms with E-state index in [0.717, 1.165) is 38.0 Å². The lowest BCUT2D eigenvalue weighted by Crippen LogP contribution is -2.41. The van der Waals surface area contributed by atoms with E-state index in [9.17, 15) is 4.79 Å². The molecule has 0 aliphatic carbocycles. The van der Waals surface area contributed by atoms with Gasteiger partial charge in [-0.2, -0.15) is 0 Å². The molecule has 0 saturated carbocycles. The first-order chi connectivity index (χ1) is 11.3. The minimum atomic E-state index is -0.0752. The van der Waals surface area contributed by atoms with Gasteiger partial charge in [0.05, 0.1) is 12.2 Å². The minimum Gasteiger partial charge on any atom is -0.448 e. The number of carbonyl (C=O) groups excluding carboxylic acids is 1. The third-order valence-electron chi connectivity index (χ3n) is 4.25. The Morgan fingerprint density at radius 1 is 1.35 bits per heavy atom. The van der Waals surface area contributed by atoms with E-state index >= 15 is 0 Å². The molecule has 3 heterocycles. The van der Waals surface area contributed by atoms with Crippen LogP contribution in [0.4, 0.5) is 0 Å². The first kappa shape index (κ1) is 15.7. The maximum Gasteiger partial charge on any atom is 0.276 e. The Morgan fingerprint density at radius 3 is 3.00 bits per heavy atom. The van der Waals surface area contributed by atoms with Crippen molar-refractivity contribution in [2.45, 2.75) is 38.8 Å². The molecule has 1 aliphatic heterocycles. The number of amides is 1. The van der Waals surface area contributed by atoms with E-state index in [1.54, 1.807) is 13.1 Å². The van der Waals surface area contributed by atoms with Gasteiger partial charge in [-0.1, -0.05) is 6.07 Å². The van der Waals surface area contributed by atoms with Crippen LogP contribution in [0.1, 0.15) is 41.2 Å². The van der Waals surface area contributed by atoms with Gasteiger partial charge in [0.1, 0.15) is 5.76 Å². The van der Waals surface area contributed by atoms with E-state index in [1.165, 1.54) is 6.39 Å². The molecule has 1 amide bonds. The lowest BCUT2D eigenvalue weighted by Gasteiger charge is -2.30. The standard InChI is InChI=1S/C17H22N4O2/c1-13-16(20-12-23-13)17(22)21(11-14-5-2-3-9-19-14)15-6-4-8-18-10-7-15/h2-3,5,9,12,15,18H,4,6-8,10-11H2,1H3. The van der Waals surface area contributed by atoms with Crippen molar-refractivity contribution >= 4 is 5.91 Å². The van der Waals surface area contributed by atoms with Crippen LogP contribution in [0, 0.1) is 6.92 Å². The quantitative estimate of drug-likeness (QED) is 0.936. The lowest BCUT2D eigenvalue weighted by atomic mass is 10.1. The van der Waals surface area contributed by atoms with E-state index in [1.807, 2.05) is 23.1 Å². The number of nitrogens with one attached hydrogen (secondary N) is 1. The van der Waals surface area contributed by atoms with Gasteiger partial charge in [0.2, 0.25) is 0 Å². The van der Waals surface area contributed by atoms with Crippen molar-refractivity contribution in [3.8, 4) is 0 Å². The molecule has 0 spiro atoms. The Bertz CT molecular complexity index is 633. The summed E-state index contributed by atoms with van der Waals surface area (Å²) in [5.41, 5.74) is 1.29. The van der Waals surface area contributed by atoms with E-state index in [4.69, 9.17) is 4.42 Å². The van der Waals surface area contributed by atoms with Gasteiger partial charge in [-0.25, -0.2) is 4.98 Å². The number of pyridine rings is 1. The van der Waals surface area contributed by atoms with Gasteiger partial charge >= 0.3 is 0 Å². The fourth-order valence-corrected chi connectivity index (χ4v) is 2.99. The molecule has 1 fully saturated rings. The smallest absolute Gasteiger partial charge is 0.276 e. The fraction of sp³-hybridized carbons (Fsp3) is 0.471. The monoisotopic (exact) mass is 314 g/mol. The van der Waals surface area contributed by atoms with E-state index in [-0.39, 0.29) is 11.9 Å². The SMILES string of the molecule is Cc1ocnc1C(=O)N(Cc1ccccn1)C1CCCNCC1. The number of hydrogen-bond donors (Lipinski definition) is 1. The zero-order valence-electron chi connectivity index (χ0n) is 13.4. The average molecular weight is 314 g/mol. The van der Waals surface area contributed by atoms with Crippen LogP contribution < -0.4 is 5.32 Å². The van der Waals surface area contributed by atoms with Crippen molar-refractivity contribution in [3.05, 3.63) is 47.9 Å². The summed E-state index contributed by atoms with van der Waals surface area (Å²) in [5.74, 6) is 0.488. The summed E-state index contributed by atoms with van der Waals surface area (Å²) in [6.45, 7) is 4.20. The molecule has 0 bridgehead atoms. The predicted octanol–water partition coefficient (Wildman–Crippen LogP) is 2.16. The second-order valence-electron chi connectivity index (χ2n) is 5.85. The van der Waals surface area contributed by atoms with Crippen LogP contribution in [-0.4, -0.2) is 39.9 Å². The van der Waals surface area contributed by atoms with Gasteiger partial charge in [0.15, 0.2) is 12.1 Å². The van der Waals surface area contributed by atoms with Gasteiger partial charge in [-0.15, -0.1) is 0 Å². The molecule has 0 aromatic carbocycles. The van der Waals surface area contributed by atoms with Gasteiger partial charge in [0, 0.05) is 12.2 Å². The topological polar surface area (TPSA) is 71.3 Å². The van der Waals surface area contributed by atoms with Gasteiger partial charge in [0.25, 0.3) is 5.91 Å². The van der Waals surface area contributed by atoms with Gasteiger partial charge in [-0.05, 0) is 51.4 Å². The summed E-state index contributed by atoms with van der Waals surface area (Å²) in [7, 11) is 0. The molecule has 1 aliphatic rings. The molecule has 0 radical (unpaired) electrons. The summed E-state index contributed by atoms with van der Waals surface area (Å²) in [5, 5.41) is 3.39. The maximum atomic E-state index is 13.0. The van der Waals surface area contributed by atoms with Crippen molar-refractivity contribution in [2.75, 3.05) is 13.1 Å². The molecule has 1 saturated heterocycles. The molecule has 1 atom stereocenters. The van der Waals surface area contributed by atoms with E-state index < -0.39 is 0 Å². The normalized spacial score (nSPS) is 18.4. The summed E-state index contributed by atoms with van der Waals surface area (Å²) < 4.78 is 5.21. The molecule has 6 heteroatoms. The number of carbonyl (C=O) groups is 1. The van der Waals surface area contributed by atoms with Crippen molar-refractivity contribution in [1.82, 2.24) is 20.2 Å². The highest BCUT2D eigenvalue weighted by Gasteiger charge is 2.28. The lowest BCUT2D eigenvalue weighted by molar-refractivity contribution is 0.0635. The molecule has 23 heavy (non-hydrogen) atoms. The molecule has 122 valence electrons. The molecule has 6 nitrogen and oxygen atoms in total. The molecule has 3 rings (SSSR count). The zero-order chi connectivity index (χ0) is 16.1. The molecule has 1 N–H and O–H groups in total. The van der Waals surface area contributed by atoms with Gasteiger partial charge < -0.3 is 14.6 Å². The molecule has 2 aromatic rings. The van der Waals surface area contributed by atoms with Crippen LogP contribution >= 0.6 is 0 Å². The molecule has 2 aromatic heterocycles. The average Bonchev–Trinajstić information content (AvgIpc) is 2.84. The van der Waals surface area contributed by atoms with E-state index in [2.05, 4.69) is 15.3 Å². The van der Waals surface area contributed by atoms with Gasteiger partial charge in [-0.3, -0.25) is 9.78 Å². The Hall–Kier alpha value is -2.21. The fourth-order valence-electron chi connectivity index (χ4n) is 2.99. The summed E-state index contributed by atoms with van der Waals surface area (Å²) in [4.78, 5) is 23.4. The van der Waals surface area contributed by atoms with E-state index in [0.29, 0.717) is 18.0 Å². The van der Waals surface area contributed by atoms with Crippen LogP contribution in [0.5, 0.6) is 0 Å².